The van der Waals surface area contributed by atoms with Gasteiger partial charge in [-0.1, -0.05) is 23.2 Å². The summed E-state index contributed by atoms with van der Waals surface area (Å²) in [6, 6.07) is 16.6. The number of rotatable bonds is 15. The molecule has 6 aromatic rings. The molecule has 0 atom stereocenters. The number of sulfonamides is 1. The zero-order chi connectivity index (χ0) is 53.2. The van der Waals surface area contributed by atoms with Gasteiger partial charge in [0.15, 0.2) is 0 Å². The molecule has 8 rings (SSSR count). The third-order valence-electron chi connectivity index (χ3n) is 13.2. The van der Waals surface area contributed by atoms with E-state index in [1.807, 2.05) is 70.3 Å². The molecular formula is C52H70Cl2N10O7S2. The maximum absolute atomic E-state index is 12.5. The lowest BCUT2D eigenvalue weighted by atomic mass is 10.0. The Hall–Kier alpha value is -5.28. The summed E-state index contributed by atoms with van der Waals surface area (Å²) in [5.74, 6) is 1.40. The summed E-state index contributed by atoms with van der Waals surface area (Å²) in [7, 11) is -6.35. The zero-order valence-corrected chi connectivity index (χ0v) is 46.4. The van der Waals surface area contributed by atoms with Crippen LogP contribution < -0.4 is 36.9 Å². The molecule has 2 fully saturated rings. The van der Waals surface area contributed by atoms with E-state index >= 15 is 0 Å². The molecule has 4 aromatic heterocycles. The number of fused-ring (bicyclic) bond motifs is 2. The van der Waals surface area contributed by atoms with Crippen LogP contribution in [0.25, 0.3) is 21.5 Å². The highest BCUT2D eigenvalue weighted by molar-refractivity contribution is 7.88. The topological polar surface area (TPSA) is 215 Å². The number of aromatic nitrogens is 4. The molecule has 0 saturated carbocycles. The zero-order valence-electron chi connectivity index (χ0n) is 43.3. The molecule has 2 aliphatic rings. The van der Waals surface area contributed by atoms with Crippen LogP contribution in [0.4, 0.5) is 23.0 Å². The summed E-state index contributed by atoms with van der Waals surface area (Å²) in [6.07, 6.45) is 9.61. The van der Waals surface area contributed by atoms with Gasteiger partial charge in [-0.3, -0.25) is 13.8 Å². The number of halogens is 2. The van der Waals surface area contributed by atoms with Gasteiger partial charge in [0, 0.05) is 129 Å². The molecule has 2 saturated heterocycles. The second-order valence-electron chi connectivity index (χ2n) is 18.5. The first-order chi connectivity index (χ1) is 34.6. The number of piperidine rings is 2. The van der Waals surface area contributed by atoms with Crippen LogP contribution in [-0.4, -0.2) is 112 Å². The maximum Gasteiger partial charge on any atom is 0.264 e. The molecule has 0 bridgehead atoms. The van der Waals surface area contributed by atoms with Gasteiger partial charge in [-0.25, -0.2) is 22.7 Å². The molecule has 6 heterocycles. The summed E-state index contributed by atoms with van der Waals surface area (Å²) in [5, 5.41) is 15.4. The average Bonchev–Trinajstić information content (AvgIpc) is 3.32. The Kier molecular flexibility index (Phi) is 19.8. The van der Waals surface area contributed by atoms with Crippen LogP contribution in [0.1, 0.15) is 80.1 Å². The summed E-state index contributed by atoms with van der Waals surface area (Å²) >= 11 is 13.2. The molecule has 0 radical (unpaired) electrons. The summed E-state index contributed by atoms with van der Waals surface area (Å²) in [5.41, 5.74) is 6.96. The number of anilines is 4. The normalized spacial score (nSPS) is 14.8. The largest absolute Gasteiger partial charge is 0.368 e. The SMILES string of the molecule is CCN(c1cc(Cl)cc2c(NCc3c(C)cc(C)[nH]c3=O)nccc12)C1CCN(S(C)(=O)=O)CC1.CCN(c1cc(Cl)cc2c(NCc3c(C)cc(C)[nH]c3=O)nccc12)C1CCNCC1.CCOS(C)(=O)=O. The van der Waals surface area contributed by atoms with Gasteiger partial charge in [0.1, 0.15) is 11.6 Å². The minimum absolute atomic E-state index is 0.0629. The molecule has 2 aliphatic heterocycles. The van der Waals surface area contributed by atoms with Crippen molar-refractivity contribution in [2.45, 2.75) is 99.3 Å². The van der Waals surface area contributed by atoms with Gasteiger partial charge in [-0.2, -0.15) is 8.42 Å². The minimum atomic E-state index is -3.18. The Balaban J connectivity index is 0.000000212. The van der Waals surface area contributed by atoms with E-state index in [2.05, 4.69) is 75.8 Å². The first-order valence-corrected chi connectivity index (χ1v) is 29.1. The Morgan fingerprint density at radius 3 is 1.44 bits per heavy atom. The van der Waals surface area contributed by atoms with Crippen LogP contribution in [0.5, 0.6) is 0 Å². The lowest BCUT2D eigenvalue weighted by Gasteiger charge is -2.39. The van der Waals surface area contributed by atoms with Crippen molar-refractivity contribution in [3.8, 4) is 0 Å². The van der Waals surface area contributed by atoms with Gasteiger partial charge in [-0.15, -0.1) is 0 Å². The first kappa shape index (κ1) is 57.0. The second-order valence-corrected chi connectivity index (χ2v) is 23.0. The smallest absolute Gasteiger partial charge is 0.264 e. The van der Waals surface area contributed by atoms with Crippen LogP contribution in [0.2, 0.25) is 10.0 Å². The van der Waals surface area contributed by atoms with Crippen molar-refractivity contribution >= 4 is 87.9 Å². The van der Waals surface area contributed by atoms with Crippen LogP contribution in [0.3, 0.4) is 0 Å². The van der Waals surface area contributed by atoms with E-state index < -0.39 is 20.1 Å². The van der Waals surface area contributed by atoms with Crippen LogP contribution in [-0.2, 0) is 37.4 Å². The van der Waals surface area contributed by atoms with Crippen molar-refractivity contribution in [1.82, 2.24) is 29.6 Å². The molecule has 0 spiro atoms. The Labute approximate surface area is 439 Å². The highest BCUT2D eigenvalue weighted by Crippen LogP contribution is 2.38. The third-order valence-corrected chi connectivity index (χ3v) is 15.6. The van der Waals surface area contributed by atoms with Crippen molar-refractivity contribution in [2.75, 3.05) is 78.8 Å². The first-order valence-electron chi connectivity index (χ1n) is 24.7. The summed E-state index contributed by atoms with van der Waals surface area (Å²) in [6.45, 7) is 19.3. The Bertz CT molecular complexity index is 3230. The van der Waals surface area contributed by atoms with E-state index in [1.165, 1.54) is 6.26 Å². The molecule has 5 N–H and O–H groups in total. The monoisotopic (exact) mass is 1080 g/mol. The van der Waals surface area contributed by atoms with Crippen LogP contribution >= 0.6 is 23.2 Å². The number of nitrogens with zero attached hydrogens (tertiary/aromatic N) is 5. The van der Waals surface area contributed by atoms with Gasteiger partial charge in [-0.05, 0) is 147 Å². The maximum atomic E-state index is 12.5. The van der Waals surface area contributed by atoms with Crippen molar-refractivity contribution in [1.29, 1.82) is 0 Å². The van der Waals surface area contributed by atoms with Crippen molar-refractivity contribution in [2.24, 2.45) is 0 Å². The van der Waals surface area contributed by atoms with Gasteiger partial charge >= 0.3 is 0 Å². The summed E-state index contributed by atoms with van der Waals surface area (Å²) < 4.78 is 49.7. The van der Waals surface area contributed by atoms with Crippen LogP contribution in [0, 0.1) is 27.7 Å². The van der Waals surface area contributed by atoms with Crippen molar-refractivity contribution in [3.63, 3.8) is 0 Å². The fraction of sp³-hybridized carbons (Fsp3) is 0.462. The molecule has 0 amide bonds. The standard InChI is InChI=1S/C25H32ClN5O3S.C24H30ClN5O.C3H8O3S/c1-5-31(19-7-10-30(11-8-19)35(4,33)34)23-14-18(26)13-21-20(23)6-9-27-24(21)28-15-22-16(2)12-17(3)29-25(22)32;1-4-30(18-5-8-26-9-6-18)22-13-17(25)12-20-19(22)7-10-27-23(20)28-14-21-15(2)11-16(3)29-24(21)31;1-3-6-7(2,4)5/h6,9,12-14,19H,5,7-8,10-11,15H2,1-4H3,(H,27,28)(H,29,32);7,10-13,18,26H,4-6,8-9,14H2,1-3H3,(H,27,28)(H,29,31);3H2,1-2H3. The average molecular weight is 1080 g/mol. The lowest BCUT2D eigenvalue weighted by Crippen LogP contribution is -2.46. The van der Waals surface area contributed by atoms with Crippen molar-refractivity contribution < 1.29 is 21.0 Å². The fourth-order valence-electron chi connectivity index (χ4n) is 9.83. The highest BCUT2D eigenvalue weighted by atomic mass is 35.5. The number of nitrogens with one attached hydrogen (secondary N) is 5. The molecule has 21 heteroatoms. The van der Waals surface area contributed by atoms with E-state index in [1.54, 1.807) is 17.4 Å². The van der Waals surface area contributed by atoms with E-state index in [0.29, 0.717) is 53.6 Å². The fourth-order valence-corrected chi connectivity index (χ4v) is 11.6. The predicted octanol–water partition coefficient (Wildman–Crippen LogP) is 8.42. The van der Waals surface area contributed by atoms with E-state index in [-0.39, 0.29) is 23.8 Å². The Morgan fingerprint density at radius 1 is 0.658 bits per heavy atom. The molecule has 0 aliphatic carbocycles. The van der Waals surface area contributed by atoms with E-state index in [9.17, 15) is 26.4 Å². The molecule has 73 heavy (non-hydrogen) atoms. The number of H-pyrrole nitrogens is 2. The molecule has 2 aromatic carbocycles. The quantitative estimate of drug-likeness (QED) is 0.0611. The van der Waals surface area contributed by atoms with Crippen molar-refractivity contribution in [3.05, 3.63) is 125 Å². The number of aryl methyl sites for hydroxylation is 4. The summed E-state index contributed by atoms with van der Waals surface area (Å²) in [4.78, 5) is 44.5. The lowest BCUT2D eigenvalue weighted by molar-refractivity contribution is 0.313. The van der Waals surface area contributed by atoms with Crippen LogP contribution in [0.15, 0.2) is 70.5 Å². The molecule has 17 nitrogen and oxygen atoms in total. The predicted molar refractivity (Wildman–Crippen MR) is 299 cm³/mol. The van der Waals surface area contributed by atoms with Gasteiger partial charge < -0.3 is 35.7 Å². The van der Waals surface area contributed by atoms with Gasteiger partial charge in [0.2, 0.25) is 10.0 Å². The van der Waals surface area contributed by atoms with E-state index in [4.69, 9.17) is 23.2 Å². The molecule has 0 unspecified atom stereocenters. The molecule has 396 valence electrons. The second kappa shape index (κ2) is 25.3. The number of aromatic amines is 2. The minimum Gasteiger partial charge on any atom is -0.368 e. The number of pyridine rings is 4. The number of benzene rings is 2. The third kappa shape index (κ3) is 15.0. The highest BCUT2D eigenvalue weighted by Gasteiger charge is 2.29. The Morgan fingerprint density at radius 2 is 1.08 bits per heavy atom. The molecular weight excluding hydrogens is 1010 g/mol. The number of hydrogen-bond donors (Lipinski definition) is 5. The van der Waals surface area contributed by atoms with Gasteiger partial charge in [0.05, 0.1) is 19.1 Å². The van der Waals surface area contributed by atoms with Gasteiger partial charge in [0.25, 0.3) is 21.2 Å². The van der Waals surface area contributed by atoms with E-state index in [0.717, 1.165) is 125 Å². The number of hydrogen-bond acceptors (Lipinski definition) is 14.